The summed E-state index contributed by atoms with van der Waals surface area (Å²) >= 11 is 0. The van der Waals surface area contributed by atoms with E-state index in [-0.39, 0.29) is 0 Å². The quantitative estimate of drug-likeness (QED) is 0.892. The molecule has 3 rings (SSSR count). The largest absolute Gasteiger partial charge is 0.508 e. The number of nitrogens with one attached hydrogen (secondary N) is 1. The van der Waals surface area contributed by atoms with Gasteiger partial charge in [-0.05, 0) is 63.7 Å². The third kappa shape index (κ3) is 3.24. The third-order valence-electron chi connectivity index (χ3n) is 5.36. The van der Waals surface area contributed by atoms with Gasteiger partial charge >= 0.3 is 0 Å². The van der Waals surface area contributed by atoms with Gasteiger partial charge in [-0.25, -0.2) is 0 Å². The van der Waals surface area contributed by atoms with Crippen molar-refractivity contribution < 1.29 is 5.11 Å². The third-order valence-corrected chi connectivity index (χ3v) is 5.36. The highest BCUT2D eigenvalue weighted by molar-refractivity contribution is 5.34. The van der Waals surface area contributed by atoms with Crippen LogP contribution in [0.1, 0.15) is 50.6 Å². The zero-order chi connectivity index (χ0) is 14.7. The average molecular weight is 288 g/mol. The van der Waals surface area contributed by atoms with Gasteiger partial charge in [-0.3, -0.25) is 4.90 Å². The molecule has 2 atom stereocenters. The number of benzene rings is 1. The molecule has 2 aliphatic heterocycles. The van der Waals surface area contributed by atoms with Crippen LogP contribution in [-0.2, 0) is 0 Å². The highest BCUT2D eigenvalue weighted by Gasteiger charge is 2.31. The van der Waals surface area contributed by atoms with Crippen molar-refractivity contribution in [2.75, 3.05) is 19.6 Å². The van der Waals surface area contributed by atoms with Crippen molar-refractivity contribution in [3.05, 3.63) is 29.8 Å². The Morgan fingerprint density at radius 2 is 2.00 bits per heavy atom. The van der Waals surface area contributed by atoms with Crippen LogP contribution in [0.15, 0.2) is 24.3 Å². The molecular formula is C18H28N2O. The summed E-state index contributed by atoms with van der Waals surface area (Å²) in [5.74, 6) is 1.30. The first-order valence-corrected chi connectivity index (χ1v) is 8.55. The zero-order valence-corrected chi connectivity index (χ0v) is 13.1. The van der Waals surface area contributed by atoms with E-state index in [0.717, 1.165) is 37.0 Å². The molecule has 2 fully saturated rings. The lowest BCUT2D eigenvalue weighted by Crippen LogP contribution is -2.42. The van der Waals surface area contributed by atoms with Gasteiger partial charge in [0.2, 0.25) is 0 Å². The molecule has 0 radical (unpaired) electrons. The van der Waals surface area contributed by atoms with Gasteiger partial charge < -0.3 is 10.4 Å². The first-order valence-electron chi connectivity index (χ1n) is 8.55. The average Bonchev–Trinajstić information content (AvgIpc) is 3.05. The normalized spacial score (nSPS) is 26.0. The number of nitrogens with zero attached hydrogens (tertiary/aromatic N) is 1. The molecule has 1 aromatic rings. The van der Waals surface area contributed by atoms with Crippen LogP contribution in [0.3, 0.4) is 0 Å². The predicted octanol–water partition coefficient (Wildman–Crippen LogP) is 3.31. The van der Waals surface area contributed by atoms with E-state index in [9.17, 15) is 5.11 Å². The van der Waals surface area contributed by atoms with E-state index in [1.807, 2.05) is 18.2 Å². The molecular weight excluding hydrogens is 260 g/mol. The fourth-order valence-electron chi connectivity index (χ4n) is 4.19. The van der Waals surface area contributed by atoms with Crippen molar-refractivity contribution in [3.63, 3.8) is 0 Å². The summed E-state index contributed by atoms with van der Waals surface area (Å²) in [6.07, 6.45) is 6.36. The van der Waals surface area contributed by atoms with Crippen molar-refractivity contribution in [2.24, 2.45) is 5.92 Å². The first-order chi connectivity index (χ1) is 10.3. The zero-order valence-electron chi connectivity index (χ0n) is 13.1. The van der Waals surface area contributed by atoms with Crippen molar-refractivity contribution in [3.8, 4) is 5.75 Å². The lowest BCUT2D eigenvalue weighted by molar-refractivity contribution is 0.114. The van der Waals surface area contributed by atoms with Crippen LogP contribution in [0.5, 0.6) is 5.75 Å². The Hall–Kier alpha value is -1.06. The molecule has 1 aromatic carbocycles. The minimum Gasteiger partial charge on any atom is -0.508 e. The van der Waals surface area contributed by atoms with Crippen LogP contribution in [0, 0.1) is 5.92 Å². The lowest BCUT2D eigenvalue weighted by Gasteiger charge is -2.39. The second-order valence-corrected chi connectivity index (χ2v) is 6.56. The van der Waals surface area contributed by atoms with Crippen molar-refractivity contribution in [2.45, 2.75) is 51.1 Å². The number of phenolic OH excluding ortho intramolecular Hbond substituents is 1. The maximum absolute atomic E-state index is 10.1. The minimum atomic E-state index is 0.365. The van der Waals surface area contributed by atoms with E-state index in [2.05, 4.69) is 23.2 Å². The minimum absolute atomic E-state index is 0.365. The summed E-state index contributed by atoms with van der Waals surface area (Å²) in [6.45, 7) is 5.76. The Morgan fingerprint density at radius 3 is 2.62 bits per heavy atom. The highest BCUT2D eigenvalue weighted by Crippen LogP contribution is 2.35. The summed E-state index contributed by atoms with van der Waals surface area (Å²) < 4.78 is 0. The molecule has 0 aliphatic carbocycles. The van der Waals surface area contributed by atoms with E-state index >= 15 is 0 Å². The Balaban J connectivity index is 1.63. The summed E-state index contributed by atoms with van der Waals surface area (Å²) in [5.41, 5.74) is 1.09. The van der Waals surface area contributed by atoms with Crippen LogP contribution in [0.4, 0.5) is 0 Å². The van der Waals surface area contributed by atoms with Crippen molar-refractivity contribution in [1.82, 2.24) is 10.2 Å². The lowest BCUT2D eigenvalue weighted by atomic mass is 9.87. The molecule has 2 aliphatic rings. The second-order valence-electron chi connectivity index (χ2n) is 6.56. The van der Waals surface area contributed by atoms with Gasteiger partial charge in [0, 0.05) is 17.6 Å². The molecule has 21 heavy (non-hydrogen) atoms. The van der Waals surface area contributed by atoms with Gasteiger partial charge in [-0.2, -0.15) is 0 Å². The fourth-order valence-corrected chi connectivity index (χ4v) is 4.19. The molecule has 3 heteroatoms. The van der Waals surface area contributed by atoms with E-state index in [1.165, 1.54) is 32.2 Å². The van der Waals surface area contributed by atoms with Gasteiger partial charge in [0.25, 0.3) is 0 Å². The number of rotatable bonds is 4. The molecule has 0 spiro atoms. The summed E-state index contributed by atoms with van der Waals surface area (Å²) in [5, 5.41) is 13.8. The standard InChI is InChI=1S/C18H28N2O/c1-2-17(15-6-3-4-8-18(15)21)20-12-9-14(10-13-20)16-7-5-11-19-16/h3-4,6,8,14,16-17,19,21H,2,5,7,9-13H2,1H3. The molecule has 0 amide bonds. The number of hydrogen-bond donors (Lipinski definition) is 2. The molecule has 2 heterocycles. The fraction of sp³-hybridized carbons (Fsp3) is 0.667. The highest BCUT2D eigenvalue weighted by atomic mass is 16.3. The van der Waals surface area contributed by atoms with E-state index in [4.69, 9.17) is 0 Å². The Bertz CT molecular complexity index is 448. The monoisotopic (exact) mass is 288 g/mol. The topological polar surface area (TPSA) is 35.5 Å². The number of phenols is 1. The molecule has 0 aromatic heterocycles. The molecule has 0 bridgehead atoms. The number of piperidine rings is 1. The van der Waals surface area contributed by atoms with Gasteiger partial charge in [0.1, 0.15) is 5.75 Å². The van der Waals surface area contributed by atoms with Gasteiger partial charge in [0.15, 0.2) is 0 Å². The maximum atomic E-state index is 10.1. The van der Waals surface area contributed by atoms with Crippen molar-refractivity contribution in [1.29, 1.82) is 0 Å². The van der Waals surface area contributed by atoms with Crippen LogP contribution in [-0.4, -0.2) is 35.7 Å². The van der Waals surface area contributed by atoms with Gasteiger partial charge in [-0.15, -0.1) is 0 Å². The smallest absolute Gasteiger partial charge is 0.120 e. The van der Waals surface area contributed by atoms with E-state index in [1.54, 1.807) is 0 Å². The molecule has 2 N–H and O–H groups in total. The maximum Gasteiger partial charge on any atom is 0.120 e. The Kier molecular flexibility index (Phi) is 4.81. The molecule has 116 valence electrons. The number of likely N-dealkylation sites (tertiary alicyclic amines) is 1. The van der Waals surface area contributed by atoms with Crippen LogP contribution in [0.25, 0.3) is 0 Å². The molecule has 0 saturated carbocycles. The number of hydrogen-bond acceptors (Lipinski definition) is 3. The molecule has 2 saturated heterocycles. The van der Waals surface area contributed by atoms with Crippen LogP contribution in [0.2, 0.25) is 0 Å². The predicted molar refractivity (Wildman–Crippen MR) is 86.5 cm³/mol. The molecule has 3 nitrogen and oxygen atoms in total. The van der Waals surface area contributed by atoms with E-state index in [0.29, 0.717) is 11.8 Å². The summed E-state index contributed by atoms with van der Waals surface area (Å²) in [7, 11) is 0. The number of aromatic hydroxyl groups is 1. The van der Waals surface area contributed by atoms with Gasteiger partial charge in [-0.1, -0.05) is 25.1 Å². The van der Waals surface area contributed by atoms with Crippen LogP contribution >= 0.6 is 0 Å². The van der Waals surface area contributed by atoms with Gasteiger partial charge in [0.05, 0.1) is 0 Å². The van der Waals surface area contributed by atoms with Crippen molar-refractivity contribution >= 4 is 0 Å². The molecule has 2 unspecified atom stereocenters. The van der Waals surface area contributed by atoms with Crippen LogP contribution < -0.4 is 5.32 Å². The van der Waals surface area contributed by atoms with E-state index < -0.39 is 0 Å². The summed E-state index contributed by atoms with van der Waals surface area (Å²) in [4.78, 5) is 2.57. The summed E-state index contributed by atoms with van der Waals surface area (Å²) in [6, 6.07) is 8.96. The SMILES string of the molecule is CCC(c1ccccc1O)N1CCC(C2CCCN2)CC1. The first kappa shape index (κ1) is 14.9. The Morgan fingerprint density at radius 1 is 1.24 bits per heavy atom. The second kappa shape index (κ2) is 6.80. The number of para-hydroxylation sites is 1. The Labute approximate surface area is 128 Å².